The number of nitrogens with zero attached hydrogens (tertiary/aromatic N) is 4. The molecular formula is C86H87BN4S2. The Balaban J connectivity index is 1.10. The van der Waals surface area contributed by atoms with Crippen molar-refractivity contribution in [2.24, 2.45) is 0 Å². The molecular weight excluding hydrogens is 1160 g/mol. The van der Waals surface area contributed by atoms with E-state index in [4.69, 9.17) is 0 Å². The molecule has 0 aliphatic carbocycles. The first kappa shape index (κ1) is 60.9. The predicted molar refractivity (Wildman–Crippen MR) is 410 cm³/mol. The highest BCUT2D eigenvalue weighted by Gasteiger charge is 2.45. The Hall–Kier alpha value is -8.36. The third-order valence-electron chi connectivity index (χ3n) is 20.1. The summed E-state index contributed by atoms with van der Waals surface area (Å²) in [7, 11) is 0. The highest BCUT2D eigenvalue weighted by molar-refractivity contribution is 7.27. The number of benzene rings is 10. The fourth-order valence-electron chi connectivity index (χ4n) is 14.7. The van der Waals surface area contributed by atoms with Gasteiger partial charge in [0.2, 0.25) is 0 Å². The fourth-order valence-corrected chi connectivity index (χ4v) is 17.1. The lowest BCUT2D eigenvalue weighted by molar-refractivity contribution is 0.590. The first-order valence-electron chi connectivity index (χ1n) is 33.5. The van der Waals surface area contributed by atoms with Gasteiger partial charge in [-0.25, -0.2) is 0 Å². The SMILES string of the molecule is CC(C)(C)c1ccc(N(c2ccc(C(C)(C)C)cc2)c2ccc3c(c2)N(c2cccc4c2sc2cc(C(C)(C)C)ccc24)c2cc(N(c4ccc(C(C)(C)C)cc4)c4ccc(C(C)(C)C)cc4)cc4c2B3c2cc(C(C)(C)C)cc3c5sc6ccccc6c5n-4c23)cc1. The summed E-state index contributed by atoms with van der Waals surface area (Å²) in [6, 6.07) is 78.7. The lowest BCUT2D eigenvalue weighted by Gasteiger charge is -2.42. The molecule has 4 nitrogen and oxygen atoms in total. The van der Waals surface area contributed by atoms with Crippen molar-refractivity contribution in [2.45, 2.75) is 157 Å². The van der Waals surface area contributed by atoms with Gasteiger partial charge in [-0.3, -0.25) is 0 Å². The summed E-state index contributed by atoms with van der Waals surface area (Å²) >= 11 is 3.88. The van der Waals surface area contributed by atoms with Gasteiger partial charge in [0.15, 0.2) is 0 Å². The molecule has 3 aromatic heterocycles. The smallest absolute Gasteiger partial charge is 0.252 e. The molecule has 13 aromatic rings. The van der Waals surface area contributed by atoms with Gasteiger partial charge in [-0.05, 0) is 179 Å². The Kier molecular flexibility index (Phi) is 13.8. The monoisotopic (exact) mass is 1250 g/mol. The number of thiophene rings is 2. The average molecular weight is 1250 g/mol. The van der Waals surface area contributed by atoms with E-state index in [0.29, 0.717) is 0 Å². The van der Waals surface area contributed by atoms with Gasteiger partial charge in [-0.1, -0.05) is 228 Å². The maximum Gasteiger partial charge on any atom is 0.252 e. The molecule has 0 spiro atoms. The summed E-state index contributed by atoms with van der Waals surface area (Å²) in [4.78, 5) is 7.74. The van der Waals surface area contributed by atoms with Crippen LogP contribution in [0.3, 0.4) is 0 Å². The zero-order chi connectivity index (χ0) is 65.4. The summed E-state index contributed by atoms with van der Waals surface area (Å²) in [6.07, 6.45) is 0. The standard InChI is InChI=1S/C86H87BN4S2/c1-81(2,3)52-26-35-58(36-27-52)88(59-37-28-53(29-38-59)82(4,5)6)62-43-45-68-71(49-62)90(70-24-21-23-65-64-44-34-56(85(13,14)15)48-75(64)93-79(65)70)72-50-63(89(60-39-30-54(31-40-60)83(7,8)9)61-41-32-55(33-42-61)84(10,11)12)51-73-76(72)87(68)69-47-57(86(16,17)18)46-67-77(69)91(73)78-66-22-19-20-25-74(66)92-80(67)78/h19-51H,1-18H3. The number of hydrogen-bond acceptors (Lipinski definition) is 5. The molecule has 93 heavy (non-hydrogen) atoms. The van der Waals surface area contributed by atoms with Crippen LogP contribution in [-0.4, -0.2) is 11.3 Å². The number of anilines is 9. The van der Waals surface area contributed by atoms with E-state index in [1.807, 2.05) is 22.7 Å². The molecule has 2 aliphatic rings. The second-order valence-electron chi connectivity index (χ2n) is 32.8. The fraction of sp³-hybridized carbons (Fsp3) is 0.279. The minimum absolute atomic E-state index is 0.00379. The van der Waals surface area contributed by atoms with Crippen molar-refractivity contribution >= 4 is 148 Å². The van der Waals surface area contributed by atoms with Crippen LogP contribution in [0.5, 0.6) is 0 Å². The van der Waals surface area contributed by atoms with Crippen LogP contribution in [0.1, 0.15) is 158 Å². The minimum atomic E-state index is -0.128. The van der Waals surface area contributed by atoms with Crippen molar-refractivity contribution in [3.05, 3.63) is 234 Å². The molecule has 0 atom stereocenters. The third kappa shape index (κ3) is 10.1. The van der Waals surface area contributed by atoms with Gasteiger partial charge in [0.1, 0.15) is 0 Å². The Labute approximate surface area is 560 Å². The molecule has 0 bridgehead atoms. The van der Waals surface area contributed by atoms with Crippen LogP contribution < -0.4 is 31.1 Å². The van der Waals surface area contributed by atoms with E-state index in [1.54, 1.807) is 0 Å². The summed E-state index contributed by atoms with van der Waals surface area (Å²) in [6.45, 7) is 41.8. The van der Waals surface area contributed by atoms with Gasteiger partial charge in [0, 0.05) is 76.4 Å². The summed E-state index contributed by atoms with van der Waals surface area (Å²) < 4.78 is 7.93. The Bertz CT molecular complexity index is 5020. The molecule has 0 saturated heterocycles. The molecule has 0 N–H and O–H groups in total. The van der Waals surface area contributed by atoms with Crippen LogP contribution in [0.2, 0.25) is 0 Å². The first-order chi connectivity index (χ1) is 43.9. The second kappa shape index (κ2) is 21.1. The van der Waals surface area contributed by atoms with E-state index < -0.39 is 0 Å². The van der Waals surface area contributed by atoms with Gasteiger partial charge < -0.3 is 19.3 Å². The van der Waals surface area contributed by atoms with Crippen LogP contribution in [0.25, 0.3) is 57.1 Å². The quantitative estimate of drug-likeness (QED) is 0.148. The Morgan fingerprint density at radius 1 is 0.290 bits per heavy atom. The summed E-state index contributed by atoms with van der Waals surface area (Å²) in [5.74, 6) is 0. The van der Waals surface area contributed by atoms with Crippen molar-refractivity contribution in [1.82, 2.24) is 4.57 Å². The largest absolute Gasteiger partial charge is 0.310 e. The number of hydrogen-bond donors (Lipinski definition) is 0. The molecule has 466 valence electrons. The van der Waals surface area contributed by atoms with Crippen molar-refractivity contribution in [3.8, 4) is 5.69 Å². The third-order valence-corrected chi connectivity index (χ3v) is 22.5. The normalized spacial score (nSPS) is 13.7. The highest BCUT2D eigenvalue weighted by Crippen LogP contribution is 2.53. The van der Waals surface area contributed by atoms with Crippen molar-refractivity contribution in [3.63, 3.8) is 0 Å². The molecule has 10 aromatic carbocycles. The zero-order valence-corrected chi connectivity index (χ0v) is 59.4. The van der Waals surface area contributed by atoms with E-state index in [1.165, 1.54) is 124 Å². The maximum absolute atomic E-state index is 2.71. The molecule has 0 unspecified atom stereocenters. The van der Waals surface area contributed by atoms with E-state index in [2.05, 4.69) is 344 Å². The van der Waals surface area contributed by atoms with Gasteiger partial charge in [-0.15, -0.1) is 22.7 Å². The van der Waals surface area contributed by atoms with Crippen molar-refractivity contribution in [2.75, 3.05) is 14.7 Å². The van der Waals surface area contributed by atoms with Gasteiger partial charge in [-0.2, -0.15) is 0 Å². The van der Waals surface area contributed by atoms with Crippen LogP contribution in [0.15, 0.2) is 200 Å². The summed E-state index contributed by atoms with van der Waals surface area (Å²) in [5, 5.41) is 5.18. The number of rotatable bonds is 7. The number of aromatic nitrogens is 1. The van der Waals surface area contributed by atoms with E-state index in [-0.39, 0.29) is 39.2 Å². The molecule has 15 rings (SSSR count). The number of fused-ring (bicyclic) bond motifs is 12. The van der Waals surface area contributed by atoms with Crippen LogP contribution in [-0.2, 0) is 32.5 Å². The Morgan fingerprint density at radius 3 is 1.27 bits per heavy atom. The maximum atomic E-state index is 2.71. The van der Waals surface area contributed by atoms with Crippen LogP contribution in [0.4, 0.5) is 51.2 Å². The molecule has 2 aliphatic heterocycles. The molecule has 0 saturated carbocycles. The topological polar surface area (TPSA) is 14.7 Å². The molecule has 5 heterocycles. The van der Waals surface area contributed by atoms with Gasteiger partial charge in [0.25, 0.3) is 6.71 Å². The second-order valence-corrected chi connectivity index (χ2v) is 34.9. The average Bonchev–Trinajstić information content (AvgIpc) is 1.61. The van der Waals surface area contributed by atoms with Crippen LogP contribution in [0, 0.1) is 0 Å². The van der Waals surface area contributed by atoms with E-state index in [0.717, 1.165) is 34.1 Å². The first-order valence-corrected chi connectivity index (χ1v) is 35.1. The lowest BCUT2D eigenvalue weighted by atomic mass is 9.33. The van der Waals surface area contributed by atoms with Crippen molar-refractivity contribution in [1.29, 1.82) is 0 Å². The van der Waals surface area contributed by atoms with Gasteiger partial charge >= 0.3 is 0 Å². The molecule has 0 fully saturated rings. The molecule has 0 amide bonds. The van der Waals surface area contributed by atoms with E-state index >= 15 is 0 Å². The predicted octanol–water partition coefficient (Wildman–Crippen LogP) is 23.7. The lowest BCUT2D eigenvalue weighted by Crippen LogP contribution is -2.60. The molecule has 7 heteroatoms. The van der Waals surface area contributed by atoms with E-state index in [9.17, 15) is 0 Å². The molecule has 0 radical (unpaired) electrons. The minimum Gasteiger partial charge on any atom is -0.310 e. The summed E-state index contributed by atoms with van der Waals surface area (Å²) in [5.41, 5.74) is 25.7. The van der Waals surface area contributed by atoms with Crippen LogP contribution >= 0.6 is 22.7 Å². The van der Waals surface area contributed by atoms with Crippen molar-refractivity contribution < 1.29 is 0 Å². The Morgan fingerprint density at radius 2 is 0.742 bits per heavy atom. The van der Waals surface area contributed by atoms with Gasteiger partial charge in [0.05, 0.1) is 31.8 Å². The highest BCUT2D eigenvalue weighted by atomic mass is 32.1. The zero-order valence-electron chi connectivity index (χ0n) is 57.7.